The zero-order valence-corrected chi connectivity index (χ0v) is 17.6. The van der Waals surface area contributed by atoms with Crippen LogP contribution in [0.3, 0.4) is 0 Å². The Bertz CT molecular complexity index is 709. The Labute approximate surface area is 155 Å². The SMILES string of the molecule is CC(C)P(=S)(NP(=O)(Oc1ccccc1)Oc1ccccc1)C(C)C. The monoisotopic (exact) mass is 397 g/mol. The molecule has 2 rings (SSSR count). The molecule has 0 saturated heterocycles. The van der Waals surface area contributed by atoms with Gasteiger partial charge >= 0.3 is 7.75 Å². The van der Waals surface area contributed by atoms with E-state index in [-0.39, 0.29) is 11.3 Å². The predicted octanol–water partition coefficient (Wildman–Crippen LogP) is 6.05. The molecule has 0 aliphatic carbocycles. The second-order valence-electron chi connectivity index (χ2n) is 6.30. The summed E-state index contributed by atoms with van der Waals surface area (Å²) in [5.41, 5.74) is 0.323. The Morgan fingerprint density at radius 1 is 0.800 bits per heavy atom. The number of para-hydroxylation sites is 2. The maximum Gasteiger partial charge on any atom is 0.517 e. The molecule has 0 radical (unpaired) electrons. The smallest absolute Gasteiger partial charge is 0.404 e. The van der Waals surface area contributed by atoms with Crippen molar-refractivity contribution in [3.63, 3.8) is 0 Å². The van der Waals surface area contributed by atoms with Gasteiger partial charge in [-0.15, -0.1) is 0 Å². The number of hydrogen-bond acceptors (Lipinski definition) is 4. The summed E-state index contributed by atoms with van der Waals surface area (Å²) >= 11 is 5.90. The maximum atomic E-state index is 13.6. The van der Waals surface area contributed by atoms with Gasteiger partial charge in [0.25, 0.3) is 0 Å². The summed E-state index contributed by atoms with van der Waals surface area (Å²) in [6.45, 7) is 8.18. The third-order valence-electron chi connectivity index (χ3n) is 3.75. The van der Waals surface area contributed by atoms with Gasteiger partial charge in [0.2, 0.25) is 0 Å². The largest absolute Gasteiger partial charge is 0.517 e. The van der Waals surface area contributed by atoms with Crippen LogP contribution in [0.5, 0.6) is 11.5 Å². The van der Waals surface area contributed by atoms with E-state index >= 15 is 0 Å². The van der Waals surface area contributed by atoms with Crippen molar-refractivity contribution in [1.82, 2.24) is 4.86 Å². The third kappa shape index (κ3) is 5.43. The third-order valence-corrected chi connectivity index (χ3v) is 13.2. The highest BCUT2D eigenvalue weighted by Gasteiger charge is 2.38. The van der Waals surface area contributed by atoms with Gasteiger partial charge in [-0.1, -0.05) is 75.9 Å². The molecule has 0 unspecified atom stereocenters. The fraction of sp³-hybridized carbons (Fsp3) is 0.333. The molecule has 0 heterocycles. The lowest BCUT2D eigenvalue weighted by Crippen LogP contribution is -2.24. The molecule has 4 nitrogen and oxygen atoms in total. The van der Waals surface area contributed by atoms with E-state index in [0.717, 1.165) is 0 Å². The van der Waals surface area contributed by atoms with Crippen LogP contribution in [0.2, 0.25) is 0 Å². The Balaban J connectivity index is 2.37. The summed E-state index contributed by atoms with van der Waals surface area (Å²) in [4.78, 5) is 3.14. The van der Waals surface area contributed by atoms with Crippen molar-refractivity contribution in [2.75, 3.05) is 0 Å². The van der Waals surface area contributed by atoms with E-state index in [9.17, 15) is 4.57 Å². The van der Waals surface area contributed by atoms with Crippen LogP contribution in [0, 0.1) is 0 Å². The molecule has 7 heteroatoms. The van der Waals surface area contributed by atoms with Gasteiger partial charge in [0, 0.05) is 6.19 Å². The topological polar surface area (TPSA) is 47.6 Å². The van der Waals surface area contributed by atoms with Crippen molar-refractivity contribution >= 4 is 25.7 Å². The molecule has 0 bridgehead atoms. The molecule has 25 heavy (non-hydrogen) atoms. The first-order chi connectivity index (χ1) is 11.8. The standard InChI is InChI=1S/C18H25NO3P2S/c1-15(2)23(25,16(3)4)19-24(20,21-17-11-7-5-8-12-17)22-18-13-9-6-10-14-18/h5-16H,1-4H3,(H,19,20,25). The summed E-state index contributed by atoms with van der Waals surface area (Å²) in [6.07, 6.45) is -2.19. The van der Waals surface area contributed by atoms with Crippen molar-refractivity contribution in [3.05, 3.63) is 60.7 Å². The first kappa shape index (κ1) is 20.2. The lowest BCUT2D eigenvalue weighted by atomic mass is 10.3. The first-order valence-electron chi connectivity index (χ1n) is 8.23. The van der Waals surface area contributed by atoms with Crippen molar-refractivity contribution in [2.24, 2.45) is 0 Å². The highest BCUT2D eigenvalue weighted by molar-refractivity contribution is 8.16. The minimum absolute atomic E-state index is 0.162. The number of nitrogens with one attached hydrogen (secondary N) is 1. The summed E-state index contributed by atoms with van der Waals surface area (Å²) < 4.78 is 25.2. The average molecular weight is 397 g/mol. The second-order valence-corrected chi connectivity index (χ2v) is 13.8. The molecule has 0 aliphatic rings. The Morgan fingerprint density at radius 3 is 1.48 bits per heavy atom. The lowest BCUT2D eigenvalue weighted by molar-refractivity contribution is 0.382. The number of hydrogen-bond donors (Lipinski definition) is 1. The van der Waals surface area contributed by atoms with Gasteiger partial charge in [0.15, 0.2) is 0 Å². The van der Waals surface area contributed by atoms with E-state index in [1.165, 1.54) is 0 Å². The first-order valence-corrected chi connectivity index (χ1v) is 12.7. The zero-order valence-electron chi connectivity index (χ0n) is 15.0. The Kier molecular flexibility index (Phi) is 6.87. The van der Waals surface area contributed by atoms with Crippen LogP contribution in [-0.4, -0.2) is 11.3 Å². The van der Waals surface area contributed by atoms with Crippen molar-refractivity contribution in [3.8, 4) is 11.5 Å². The molecule has 136 valence electrons. The highest BCUT2D eigenvalue weighted by atomic mass is 32.4. The summed E-state index contributed by atoms with van der Waals surface area (Å²) in [7, 11) is -3.70. The van der Waals surface area contributed by atoms with E-state index in [1.54, 1.807) is 24.3 Å². The number of benzene rings is 2. The molecular formula is C18H25NO3P2S. The highest BCUT2D eigenvalue weighted by Crippen LogP contribution is 2.61. The second kappa shape index (κ2) is 8.51. The van der Waals surface area contributed by atoms with Crippen LogP contribution in [-0.2, 0) is 16.4 Å². The van der Waals surface area contributed by atoms with Crippen LogP contribution in [0.25, 0.3) is 0 Å². The quantitative estimate of drug-likeness (QED) is 0.549. The van der Waals surface area contributed by atoms with E-state index in [2.05, 4.69) is 4.86 Å². The van der Waals surface area contributed by atoms with Crippen LogP contribution < -0.4 is 13.9 Å². The van der Waals surface area contributed by atoms with Gasteiger partial charge in [-0.2, -0.15) is 4.86 Å². The van der Waals surface area contributed by atoms with Crippen molar-refractivity contribution in [2.45, 2.75) is 39.0 Å². The van der Waals surface area contributed by atoms with E-state index in [1.807, 2.05) is 64.1 Å². The molecule has 2 aromatic rings. The van der Waals surface area contributed by atoms with Gasteiger partial charge in [-0.3, -0.25) is 0 Å². The number of rotatable bonds is 8. The molecule has 2 aromatic carbocycles. The van der Waals surface area contributed by atoms with Gasteiger partial charge in [0.05, 0.1) is 0 Å². The average Bonchev–Trinajstić information content (AvgIpc) is 2.55. The summed E-state index contributed by atoms with van der Waals surface area (Å²) in [6, 6.07) is 18.0. The van der Waals surface area contributed by atoms with Crippen LogP contribution in [0.1, 0.15) is 27.7 Å². The molecule has 0 aromatic heterocycles. The Morgan fingerprint density at radius 2 is 1.16 bits per heavy atom. The van der Waals surface area contributed by atoms with E-state index in [4.69, 9.17) is 20.9 Å². The summed E-state index contributed by atoms with van der Waals surface area (Å²) in [5.74, 6) is 0.951. The summed E-state index contributed by atoms with van der Waals surface area (Å²) in [5, 5.41) is 0. The van der Waals surface area contributed by atoms with E-state index in [0.29, 0.717) is 11.5 Å². The van der Waals surface area contributed by atoms with Crippen LogP contribution in [0.4, 0.5) is 0 Å². The predicted molar refractivity (Wildman–Crippen MR) is 109 cm³/mol. The van der Waals surface area contributed by atoms with Crippen molar-refractivity contribution < 1.29 is 13.6 Å². The molecule has 0 spiro atoms. The normalized spacial score (nSPS) is 12.4. The molecule has 0 fully saturated rings. The fourth-order valence-corrected chi connectivity index (χ4v) is 8.95. The fourth-order valence-electron chi connectivity index (χ4n) is 2.32. The lowest BCUT2D eigenvalue weighted by Gasteiger charge is -2.33. The Hall–Kier alpha value is -1.12. The van der Waals surface area contributed by atoms with Gasteiger partial charge in [-0.05, 0) is 35.6 Å². The minimum atomic E-state index is -3.70. The molecule has 1 N–H and O–H groups in total. The van der Waals surface area contributed by atoms with Crippen LogP contribution >= 0.6 is 13.9 Å². The van der Waals surface area contributed by atoms with Gasteiger partial charge in [0.1, 0.15) is 11.5 Å². The van der Waals surface area contributed by atoms with Gasteiger partial charge < -0.3 is 9.05 Å². The van der Waals surface area contributed by atoms with Crippen LogP contribution in [0.15, 0.2) is 60.7 Å². The van der Waals surface area contributed by atoms with Crippen molar-refractivity contribution in [1.29, 1.82) is 0 Å². The molecule has 0 amide bonds. The van der Waals surface area contributed by atoms with E-state index < -0.39 is 13.9 Å². The molecule has 0 aliphatic heterocycles. The van der Waals surface area contributed by atoms with Gasteiger partial charge in [-0.25, -0.2) is 4.57 Å². The zero-order chi connectivity index (χ0) is 18.5. The molecule has 0 saturated carbocycles. The molecule has 0 atom stereocenters. The minimum Gasteiger partial charge on any atom is -0.404 e. The molecular weight excluding hydrogens is 372 g/mol. The maximum absolute atomic E-state index is 13.6.